The molecular formula is C14H17BrN2O. The molecule has 2 aliphatic rings. The number of hydrogen-bond donors (Lipinski definition) is 1. The summed E-state index contributed by atoms with van der Waals surface area (Å²) in [4.78, 5) is 16.5. The maximum absolute atomic E-state index is 12.3. The van der Waals surface area contributed by atoms with Gasteiger partial charge in [-0.05, 0) is 65.8 Å². The maximum Gasteiger partial charge on any atom is 0.142 e. The van der Waals surface area contributed by atoms with E-state index in [1.165, 1.54) is 0 Å². The second kappa shape index (κ2) is 4.74. The molecule has 1 aliphatic carbocycles. The number of halogens is 1. The van der Waals surface area contributed by atoms with Crippen LogP contribution in [0.25, 0.3) is 0 Å². The summed E-state index contributed by atoms with van der Waals surface area (Å²) in [7, 11) is 0. The lowest BCUT2D eigenvalue weighted by Gasteiger charge is -2.23. The Morgan fingerprint density at radius 1 is 1.44 bits per heavy atom. The van der Waals surface area contributed by atoms with Gasteiger partial charge < -0.3 is 5.32 Å². The number of aromatic nitrogens is 1. The third-order valence-corrected chi connectivity index (χ3v) is 4.79. The van der Waals surface area contributed by atoms with Crippen LogP contribution in [0, 0.1) is 11.3 Å². The molecule has 18 heavy (non-hydrogen) atoms. The van der Waals surface area contributed by atoms with E-state index < -0.39 is 0 Å². The lowest BCUT2D eigenvalue weighted by molar-refractivity contribution is -0.120. The first-order valence-electron chi connectivity index (χ1n) is 6.53. The molecule has 3 nitrogen and oxygen atoms in total. The van der Waals surface area contributed by atoms with Crippen molar-refractivity contribution in [2.24, 2.45) is 11.3 Å². The summed E-state index contributed by atoms with van der Waals surface area (Å²) in [6.45, 7) is 2.14. The van der Waals surface area contributed by atoms with Crippen molar-refractivity contribution < 1.29 is 4.79 Å². The molecule has 0 radical (unpaired) electrons. The molecule has 1 saturated carbocycles. The van der Waals surface area contributed by atoms with Crippen LogP contribution in [0.2, 0.25) is 0 Å². The first-order valence-corrected chi connectivity index (χ1v) is 7.33. The smallest absolute Gasteiger partial charge is 0.142 e. The minimum absolute atomic E-state index is 0.296. The monoisotopic (exact) mass is 308 g/mol. The number of pyridine rings is 1. The lowest BCUT2D eigenvalue weighted by atomic mass is 9.90. The van der Waals surface area contributed by atoms with Crippen molar-refractivity contribution in [3.63, 3.8) is 0 Å². The summed E-state index contributed by atoms with van der Waals surface area (Å²) in [6, 6.07) is 3.88. The number of hydrogen-bond acceptors (Lipinski definition) is 3. The van der Waals surface area contributed by atoms with E-state index in [0.29, 0.717) is 23.5 Å². The van der Waals surface area contributed by atoms with Crippen LogP contribution in [0.3, 0.4) is 0 Å². The molecule has 0 bridgehead atoms. The fourth-order valence-electron chi connectivity index (χ4n) is 3.09. The van der Waals surface area contributed by atoms with Crippen molar-refractivity contribution in [1.29, 1.82) is 0 Å². The van der Waals surface area contributed by atoms with Crippen molar-refractivity contribution in [1.82, 2.24) is 10.3 Å². The van der Waals surface area contributed by atoms with Crippen LogP contribution in [-0.4, -0.2) is 23.9 Å². The topological polar surface area (TPSA) is 42.0 Å². The number of Topliss-reactive ketones (excluding diaryl/α,β-unsaturated/α-hetero) is 1. The molecule has 2 fully saturated rings. The number of nitrogens with one attached hydrogen (secondary N) is 1. The van der Waals surface area contributed by atoms with E-state index in [0.717, 1.165) is 42.5 Å². The van der Waals surface area contributed by atoms with Crippen molar-refractivity contribution in [2.45, 2.75) is 25.7 Å². The molecule has 1 N–H and O–H groups in total. The fourth-order valence-corrected chi connectivity index (χ4v) is 3.33. The van der Waals surface area contributed by atoms with Gasteiger partial charge in [0.05, 0.1) is 0 Å². The summed E-state index contributed by atoms with van der Waals surface area (Å²) < 4.78 is 0.958. The number of carbonyl (C=O) groups excluding carboxylic acids is 1. The first kappa shape index (κ1) is 12.3. The molecular weight excluding hydrogens is 292 g/mol. The minimum atomic E-state index is 0.296. The highest BCUT2D eigenvalue weighted by molar-refractivity contribution is 9.10. The number of ketones is 1. The Balaban J connectivity index is 1.61. The molecule has 1 atom stereocenters. The standard InChI is InChI=1S/C14H17BrN2O/c15-10-1-2-11(17-9-10)7-13(18)12-8-14(12)3-5-16-6-4-14/h1-2,9,12,16H,3-8H2. The maximum atomic E-state index is 12.3. The highest BCUT2D eigenvalue weighted by atomic mass is 79.9. The first-order chi connectivity index (χ1) is 8.70. The third-order valence-electron chi connectivity index (χ3n) is 4.32. The van der Waals surface area contributed by atoms with Crippen molar-refractivity contribution >= 4 is 21.7 Å². The van der Waals surface area contributed by atoms with Crippen molar-refractivity contribution in [2.75, 3.05) is 13.1 Å². The van der Waals surface area contributed by atoms with Crippen molar-refractivity contribution in [3.8, 4) is 0 Å². The summed E-state index contributed by atoms with van der Waals surface area (Å²) in [5.41, 5.74) is 1.23. The van der Waals surface area contributed by atoms with Crippen LogP contribution in [0.1, 0.15) is 25.0 Å². The van der Waals surface area contributed by atoms with Gasteiger partial charge in [0, 0.05) is 28.7 Å². The summed E-state index contributed by atoms with van der Waals surface area (Å²) in [5, 5.41) is 3.37. The van der Waals surface area contributed by atoms with E-state index >= 15 is 0 Å². The minimum Gasteiger partial charge on any atom is -0.317 e. The van der Waals surface area contributed by atoms with Gasteiger partial charge in [-0.25, -0.2) is 0 Å². The second-order valence-electron chi connectivity index (χ2n) is 5.48. The average molecular weight is 309 g/mol. The quantitative estimate of drug-likeness (QED) is 0.932. The van der Waals surface area contributed by atoms with Gasteiger partial charge in [0.25, 0.3) is 0 Å². The van der Waals surface area contributed by atoms with Gasteiger partial charge in [-0.1, -0.05) is 0 Å². The second-order valence-corrected chi connectivity index (χ2v) is 6.40. The Kier molecular flexibility index (Phi) is 3.24. The van der Waals surface area contributed by atoms with Crippen LogP contribution >= 0.6 is 15.9 Å². The zero-order valence-corrected chi connectivity index (χ0v) is 11.9. The number of rotatable bonds is 3. The van der Waals surface area contributed by atoms with Gasteiger partial charge >= 0.3 is 0 Å². The van der Waals surface area contributed by atoms with Gasteiger partial charge in [-0.2, -0.15) is 0 Å². The Hall–Kier alpha value is -0.740. The van der Waals surface area contributed by atoms with Crippen LogP contribution in [0.4, 0.5) is 0 Å². The molecule has 1 spiro atoms. The molecule has 4 heteroatoms. The van der Waals surface area contributed by atoms with Crippen LogP contribution < -0.4 is 5.32 Å². The van der Waals surface area contributed by atoms with E-state index in [4.69, 9.17) is 0 Å². The van der Waals surface area contributed by atoms with Crippen LogP contribution in [0.5, 0.6) is 0 Å². The highest BCUT2D eigenvalue weighted by Crippen LogP contribution is 2.59. The van der Waals surface area contributed by atoms with E-state index in [9.17, 15) is 4.79 Å². The zero-order chi connectivity index (χ0) is 12.6. The molecule has 1 aromatic rings. The zero-order valence-electron chi connectivity index (χ0n) is 10.3. The molecule has 1 unspecified atom stereocenters. The van der Waals surface area contributed by atoms with Gasteiger partial charge in [-0.3, -0.25) is 9.78 Å². The predicted octanol–water partition coefficient (Wildman–Crippen LogP) is 2.35. The molecule has 96 valence electrons. The van der Waals surface area contributed by atoms with Gasteiger partial charge in [0.2, 0.25) is 0 Å². The Labute approximate surface area is 116 Å². The van der Waals surface area contributed by atoms with E-state index in [1.807, 2.05) is 12.1 Å². The molecule has 1 aromatic heterocycles. The Bertz CT molecular complexity index is 451. The Morgan fingerprint density at radius 2 is 2.22 bits per heavy atom. The van der Waals surface area contributed by atoms with E-state index in [2.05, 4.69) is 26.2 Å². The summed E-state index contributed by atoms with van der Waals surface area (Å²) >= 11 is 3.36. The number of carbonyl (C=O) groups is 1. The highest BCUT2D eigenvalue weighted by Gasteiger charge is 2.56. The molecule has 0 aromatic carbocycles. The van der Waals surface area contributed by atoms with E-state index in [-0.39, 0.29) is 0 Å². The summed E-state index contributed by atoms with van der Waals surface area (Å²) in [6.07, 6.45) is 5.68. The third kappa shape index (κ3) is 2.36. The lowest BCUT2D eigenvalue weighted by Crippen LogP contribution is -2.31. The molecule has 3 rings (SSSR count). The fraction of sp³-hybridized carbons (Fsp3) is 0.571. The normalized spacial score (nSPS) is 25.1. The number of nitrogens with zero attached hydrogens (tertiary/aromatic N) is 1. The van der Waals surface area contributed by atoms with Crippen LogP contribution in [0.15, 0.2) is 22.8 Å². The largest absolute Gasteiger partial charge is 0.317 e. The number of piperidine rings is 1. The van der Waals surface area contributed by atoms with Crippen LogP contribution in [-0.2, 0) is 11.2 Å². The van der Waals surface area contributed by atoms with Gasteiger partial charge in [0.1, 0.15) is 5.78 Å². The van der Waals surface area contributed by atoms with Crippen molar-refractivity contribution in [3.05, 3.63) is 28.5 Å². The van der Waals surface area contributed by atoms with Gasteiger partial charge in [0.15, 0.2) is 0 Å². The SMILES string of the molecule is O=C(Cc1ccc(Br)cn1)C1CC12CCNCC2. The summed E-state index contributed by atoms with van der Waals surface area (Å²) in [5.74, 6) is 0.678. The van der Waals surface area contributed by atoms with E-state index in [1.54, 1.807) is 6.20 Å². The Morgan fingerprint density at radius 3 is 2.89 bits per heavy atom. The molecule has 1 saturated heterocycles. The molecule has 0 amide bonds. The van der Waals surface area contributed by atoms with Gasteiger partial charge in [-0.15, -0.1) is 0 Å². The molecule has 1 aliphatic heterocycles. The predicted molar refractivity (Wildman–Crippen MR) is 73.3 cm³/mol. The average Bonchev–Trinajstić information content (AvgIpc) is 3.07. The molecule has 2 heterocycles.